The monoisotopic (exact) mass is 162 g/mol. The van der Waals surface area contributed by atoms with Gasteiger partial charge in [0.2, 0.25) is 0 Å². The number of rotatable bonds is 2. The van der Waals surface area contributed by atoms with E-state index in [9.17, 15) is 5.11 Å². The van der Waals surface area contributed by atoms with Gasteiger partial charge in [0, 0.05) is 5.56 Å². The minimum absolute atomic E-state index is 0.0294. The Morgan fingerprint density at radius 3 is 2.67 bits per heavy atom. The molecule has 12 heavy (non-hydrogen) atoms. The maximum Gasteiger partial charge on any atom is 0.122 e. The number of hydrogen-bond donors (Lipinski definition) is 3. The second-order valence-electron chi connectivity index (χ2n) is 2.35. The highest BCUT2D eigenvalue weighted by Gasteiger charge is 1.92. The number of nitrogens with two attached hydrogens (primary N) is 1. The molecule has 0 saturated heterocycles. The minimum Gasteiger partial charge on any atom is -0.507 e. The van der Waals surface area contributed by atoms with Gasteiger partial charge in [-0.1, -0.05) is 18.2 Å². The zero-order valence-corrected chi connectivity index (χ0v) is 6.49. The third-order valence-electron chi connectivity index (χ3n) is 1.38. The predicted molar refractivity (Wildman–Crippen MR) is 49.1 cm³/mol. The number of amidine groups is 1. The molecule has 3 heteroatoms. The number of aromatic hydroxyl groups is 1. The number of phenolic OH excluding ortho intramolecular Hbond substituents is 1. The molecule has 62 valence electrons. The highest BCUT2D eigenvalue weighted by atomic mass is 16.3. The molecule has 0 aliphatic heterocycles. The predicted octanol–water partition coefficient (Wildman–Crippen LogP) is 1.34. The Kier molecular flexibility index (Phi) is 2.48. The van der Waals surface area contributed by atoms with Gasteiger partial charge in [-0.15, -0.1) is 0 Å². The van der Waals surface area contributed by atoms with E-state index in [4.69, 9.17) is 11.1 Å². The number of hydrogen-bond acceptors (Lipinski definition) is 2. The van der Waals surface area contributed by atoms with Gasteiger partial charge in [0.1, 0.15) is 11.6 Å². The standard InChI is InChI=1S/C9H10N2O/c10-9(11)6-5-7-3-1-2-4-8(7)12/h1-6,12H,(H3,10,11)/b6-5+. The van der Waals surface area contributed by atoms with Crippen molar-refractivity contribution in [1.82, 2.24) is 0 Å². The van der Waals surface area contributed by atoms with Crippen molar-refractivity contribution in [2.75, 3.05) is 0 Å². The summed E-state index contributed by atoms with van der Waals surface area (Å²) in [6, 6.07) is 6.87. The first-order chi connectivity index (χ1) is 5.70. The quantitative estimate of drug-likeness (QED) is 0.453. The van der Waals surface area contributed by atoms with Gasteiger partial charge in [0.05, 0.1) is 0 Å². The summed E-state index contributed by atoms with van der Waals surface area (Å²) in [4.78, 5) is 0. The lowest BCUT2D eigenvalue weighted by Crippen LogP contribution is -2.03. The van der Waals surface area contributed by atoms with E-state index in [1.54, 1.807) is 30.3 Å². The number of benzene rings is 1. The molecule has 0 atom stereocenters. The average molecular weight is 162 g/mol. The SMILES string of the molecule is N=C(N)/C=C/c1ccccc1O. The van der Waals surface area contributed by atoms with Crippen molar-refractivity contribution in [2.45, 2.75) is 0 Å². The van der Waals surface area contributed by atoms with E-state index >= 15 is 0 Å². The van der Waals surface area contributed by atoms with Crippen LogP contribution in [0.3, 0.4) is 0 Å². The Labute approximate surface area is 70.7 Å². The van der Waals surface area contributed by atoms with Crippen molar-refractivity contribution in [3.63, 3.8) is 0 Å². The third-order valence-corrected chi connectivity index (χ3v) is 1.38. The molecule has 0 unspecified atom stereocenters. The van der Waals surface area contributed by atoms with E-state index in [0.29, 0.717) is 5.56 Å². The van der Waals surface area contributed by atoms with Crippen LogP contribution in [-0.4, -0.2) is 10.9 Å². The van der Waals surface area contributed by atoms with Gasteiger partial charge in [0.15, 0.2) is 0 Å². The molecular weight excluding hydrogens is 152 g/mol. The molecule has 1 rings (SSSR count). The van der Waals surface area contributed by atoms with E-state index in [0.717, 1.165) is 0 Å². The van der Waals surface area contributed by atoms with Crippen LogP contribution >= 0.6 is 0 Å². The molecule has 4 N–H and O–H groups in total. The van der Waals surface area contributed by atoms with Gasteiger partial charge in [-0.2, -0.15) is 0 Å². The summed E-state index contributed by atoms with van der Waals surface area (Å²) < 4.78 is 0. The topological polar surface area (TPSA) is 70.1 Å². The lowest BCUT2D eigenvalue weighted by atomic mass is 10.2. The summed E-state index contributed by atoms with van der Waals surface area (Å²) in [7, 11) is 0. The van der Waals surface area contributed by atoms with E-state index in [2.05, 4.69) is 0 Å². The van der Waals surface area contributed by atoms with E-state index in [1.165, 1.54) is 6.08 Å². The molecule has 0 bridgehead atoms. The van der Waals surface area contributed by atoms with E-state index in [1.807, 2.05) is 0 Å². The van der Waals surface area contributed by atoms with Crippen molar-refractivity contribution in [3.05, 3.63) is 35.9 Å². The smallest absolute Gasteiger partial charge is 0.122 e. The maximum absolute atomic E-state index is 9.26. The fourth-order valence-corrected chi connectivity index (χ4v) is 0.808. The Morgan fingerprint density at radius 1 is 1.42 bits per heavy atom. The van der Waals surface area contributed by atoms with E-state index < -0.39 is 0 Å². The number of nitrogens with one attached hydrogen (secondary N) is 1. The highest BCUT2D eigenvalue weighted by molar-refractivity contribution is 5.92. The Hall–Kier alpha value is -1.77. The molecule has 0 radical (unpaired) electrons. The zero-order chi connectivity index (χ0) is 8.97. The molecule has 0 fully saturated rings. The molecule has 0 saturated carbocycles. The van der Waals surface area contributed by atoms with Crippen LogP contribution in [0.25, 0.3) is 6.08 Å². The van der Waals surface area contributed by atoms with Gasteiger partial charge in [-0.25, -0.2) is 0 Å². The highest BCUT2D eigenvalue weighted by Crippen LogP contribution is 2.16. The summed E-state index contributed by atoms with van der Waals surface area (Å²) in [5, 5.41) is 16.2. The van der Waals surface area contributed by atoms with Crippen LogP contribution in [0.15, 0.2) is 30.3 Å². The van der Waals surface area contributed by atoms with Crippen molar-refractivity contribution in [2.24, 2.45) is 5.73 Å². The summed E-state index contributed by atoms with van der Waals surface area (Å²) in [6.45, 7) is 0. The lowest BCUT2D eigenvalue weighted by Gasteiger charge is -1.95. The van der Waals surface area contributed by atoms with E-state index in [-0.39, 0.29) is 11.6 Å². The van der Waals surface area contributed by atoms with Crippen molar-refractivity contribution in [1.29, 1.82) is 5.41 Å². The molecule has 0 aliphatic rings. The Bertz CT molecular complexity index is 318. The van der Waals surface area contributed by atoms with Gasteiger partial charge >= 0.3 is 0 Å². The Balaban J connectivity index is 2.89. The summed E-state index contributed by atoms with van der Waals surface area (Å²) in [5.74, 6) is 0.160. The molecule has 3 nitrogen and oxygen atoms in total. The molecule has 0 spiro atoms. The van der Waals surface area contributed by atoms with Gasteiger partial charge in [-0.05, 0) is 18.2 Å². The van der Waals surface area contributed by atoms with Gasteiger partial charge in [-0.3, -0.25) is 5.41 Å². The molecular formula is C9H10N2O. The van der Waals surface area contributed by atoms with Crippen LogP contribution in [-0.2, 0) is 0 Å². The second kappa shape index (κ2) is 3.57. The van der Waals surface area contributed by atoms with Gasteiger partial charge in [0.25, 0.3) is 0 Å². The summed E-state index contributed by atoms with van der Waals surface area (Å²) in [5.41, 5.74) is 5.77. The first kappa shape index (κ1) is 8.33. The third kappa shape index (κ3) is 2.12. The van der Waals surface area contributed by atoms with Crippen molar-refractivity contribution >= 4 is 11.9 Å². The minimum atomic E-state index is -0.0294. The fraction of sp³-hybridized carbons (Fsp3) is 0. The summed E-state index contributed by atoms with van der Waals surface area (Å²) >= 11 is 0. The lowest BCUT2D eigenvalue weighted by molar-refractivity contribution is 0.474. The van der Waals surface area contributed by atoms with Crippen LogP contribution in [0.5, 0.6) is 5.75 Å². The fourth-order valence-electron chi connectivity index (χ4n) is 0.808. The molecule has 0 amide bonds. The second-order valence-corrected chi connectivity index (χ2v) is 2.35. The largest absolute Gasteiger partial charge is 0.507 e. The van der Waals surface area contributed by atoms with Crippen LogP contribution in [0.4, 0.5) is 0 Å². The maximum atomic E-state index is 9.26. The summed E-state index contributed by atoms with van der Waals surface area (Å²) in [6.07, 6.45) is 3.02. The first-order valence-corrected chi connectivity index (χ1v) is 3.50. The zero-order valence-electron chi connectivity index (χ0n) is 6.49. The van der Waals surface area contributed by atoms with Crippen LogP contribution in [0, 0.1) is 5.41 Å². The van der Waals surface area contributed by atoms with Crippen LogP contribution in [0.1, 0.15) is 5.56 Å². The van der Waals surface area contributed by atoms with Gasteiger partial charge < -0.3 is 10.8 Å². The molecule has 1 aromatic carbocycles. The number of phenols is 1. The van der Waals surface area contributed by atoms with Crippen LogP contribution < -0.4 is 5.73 Å². The number of para-hydroxylation sites is 1. The molecule has 1 aromatic rings. The van der Waals surface area contributed by atoms with Crippen molar-refractivity contribution in [3.8, 4) is 5.75 Å². The molecule has 0 aromatic heterocycles. The molecule has 0 aliphatic carbocycles. The average Bonchev–Trinajstić information content (AvgIpc) is 2.03. The molecule has 0 heterocycles. The normalized spacial score (nSPS) is 10.3. The first-order valence-electron chi connectivity index (χ1n) is 3.50. The Morgan fingerprint density at radius 2 is 2.08 bits per heavy atom. The van der Waals surface area contributed by atoms with Crippen molar-refractivity contribution < 1.29 is 5.11 Å². The van der Waals surface area contributed by atoms with Crippen LogP contribution in [0.2, 0.25) is 0 Å².